The number of esters is 1. The molecule has 3 aliphatic rings. The fourth-order valence-electron chi connectivity index (χ4n) is 6.92. The first-order valence-electron chi connectivity index (χ1n) is 13.7. The zero-order valence-corrected chi connectivity index (χ0v) is 22.2. The van der Waals surface area contributed by atoms with E-state index >= 15 is 0 Å². The molecule has 2 fully saturated rings. The number of ketones is 1. The van der Waals surface area contributed by atoms with Crippen molar-refractivity contribution in [3.05, 3.63) is 71.9 Å². The van der Waals surface area contributed by atoms with E-state index in [9.17, 15) is 18.4 Å². The fourth-order valence-corrected chi connectivity index (χ4v) is 6.92. The Morgan fingerprint density at radius 2 is 1.76 bits per heavy atom. The summed E-state index contributed by atoms with van der Waals surface area (Å²) in [4.78, 5) is 41.2. The molecule has 0 N–H and O–H groups in total. The van der Waals surface area contributed by atoms with Crippen LogP contribution in [-0.4, -0.2) is 57.9 Å². The first-order chi connectivity index (χ1) is 19.9. The van der Waals surface area contributed by atoms with E-state index in [1.54, 1.807) is 30.6 Å². The molecule has 2 bridgehead atoms. The molecule has 2 aliphatic carbocycles. The molecule has 1 saturated carbocycles. The highest BCUT2D eigenvalue weighted by molar-refractivity contribution is 6.00. The van der Waals surface area contributed by atoms with E-state index in [4.69, 9.17) is 9.47 Å². The maximum Gasteiger partial charge on any atom is 0.387 e. The van der Waals surface area contributed by atoms with Crippen LogP contribution < -0.4 is 9.64 Å². The molecule has 1 aromatic carbocycles. The van der Waals surface area contributed by atoms with Gasteiger partial charge in [-0.15, -0.1) is 0 Å². The first-order valence-corrected chi connectivity index (χ1v) is 13.7. The van der Waals surface area contributed by atoms with Crippen molar-refractivity contribution >= 4 is 23.3 Å². The van der Waals surface area contributed by atoms with Crippen LogP contribution in [0.3, 0.4) is 0 Å². The lowest BCUT2D eigenvalue weighted by atomic mass is 9.85. The fraction of sp³-hybridized carbons (Fsp3) is 0.367. The lowest BCUT2D eigenvalue weighted by Crippen LogP contribution is -2.45. The Morgan fingerprint density at radius 1 is 1.02 bits per heavy atom. The van der Waals surface area contributed by atoms with Crippen LogP contribution in [0.15, 0.2) is 55.0 Å². The Labute approximate surface area is 234 Å². The SMILES string of the molecule is COC(=O)C1[C@@H]2CC[C@H]1CN(c1ncc(-c3ccc4nc5c(n4c3)[C@@H](c3ccccc3OC(F)F)CC5=O)cn1)C2. The number of hydrogen-bond donors (Lipinski definition) is 0. The van der Waals surface area contributed by atoms with Gasteiger partial charge >= 0.3 is 12.6 Å². The van der Waals surface area contributed by atoms with Gasteiger partial charge in [-0.25, -0.2) is 15.0 Å². The molecule has 0 amide bonds. The van der Waals surface area contributed by atoms with E-state index in [2.05, 4.69) is 19.9 Å². The molecule has 1 saturated heterocycles. The molecule has 4 aromatic rings. The number of pyridine rings is 1. The smallest absolute Gasteiger partial charge is 0.387 e. The molecule has 210 valence electrons. The minimum Gasteiger partial charge on any atom is -0.469 e. The van der Waals surface area contributed by atoms with Crippen LogP contribution in [0.5, 0.6) is 5.75 Å². The Balaban J connectivity index is 1.18. The Morgan fingerprint density at radius 3 is 2.46 bits per heavy atom. The molecule has 7 rings (SSSR count). The predicted molar refractivity (Wildman–Crippen MR) is 144 cm³/mol. The zero-order chi connectivity index (χ0) is 28.2. The van der Waals surface area contributed by atoms with Gasteiger partial charge in [0.05, 0.1) is 18.7 Å². The second kappa shape index (κ2) is 9.90. The predicted octanol–water partition coefficient (Wildman–Crippen LogP) is 4.75. The summed E-state index contributed by atoms with van der Waals surface area (Å²) in [5, 5.41) is 0. The molecule has 4 atom stereocenters. The molecule has 4 heterocycles. The van der Waals surface area contributed by atoms with Crippen molar-refractivity contribution in [3.63, 3.8) is 0 Å². The van der Waals surface area contributed by atoms with Gasteiger partial charge in [0, 0.05) is 60.7 Å². The lowest BCUT2D eigenvalue weighted by Gasteiger charge is -2.36. The standard InChI is InChI=1S/C30H27F2N5O4/c1-40-28(39)25-17-6-7-18(25)14-36(13-17)30-33-11-19(12-34-30)16-8-9-24-35-26-22(38)10-21(27(26)37(24)15-16)20-4-2-3-5-23(20)41-29(31)32/h2-5,8-9,11-12,15,17-18,21,25,29H,6-7,10,13-14H2,1H3/t17-,18+,21-,25?/m1/s1. The molecule has 41 heavy (non-hydrogen) atoms. The number of aromatic nitrogens is 4. The van der Waals surface area contributed by atoms with Crippen molar-refractivity contribution in [2.75, 3.05) is 25.1 Å². The van der Waals surface area contributed by atoms with Crippen LogP contribution in [0.4, 0.5) is 14.7 Å². The van der Waals surface area contributed by atoms with Crippen LogP contribution in [-0.2, 0) is 9.53 Å². The normalized spacial score (nSPS) is 23.3. The highest BCUT2D eigenvalue weighted by atomic mass is 19.3. The third-order valence-electron chi connectivity index (χ3n) is 8.71. The van der Waals surface area contributed by atoms with Crippen LogP contribution in [0.2, 0.25) is 0 Å². The van der Waals surface area contributed by atoms with Crippen molar-refractivity contribution < 1.29 is 27.8 Å². The molecule has 1 unspecified atom stereocenters. The van der Waals surface area contributed by atoms with Crippen LogP contribution in [0.25, 0.3) is 16.8 Å². The minimum absolute atomic E-state index is 0.0484. The van der Waals surface area contributed by atoms with E-state index in [-0.39, 0.29) is 41.7 Å². The summed E-state index contributed by atoms with van der Waals surface area (Å²) in [5.41, 5.74) is 3.71. The molecule has 3 aromatic heterocycles. The number of carbonyl (C=O) groups excluding carboxylic acids is 2. The van der Waals surface area contributed by atoms with Gasteiger partial charge in [-0.1, -0.05) is 18.2 Å². The lowest BCUT2D eigenvalue weighted by molar-refractivity contribution is -0.148. The zero-order valence-electron chi connectivity index (χ0n) is 22.2. The van der Waals surface area contributed by atoms with Gasteiger partial charge in [0.2, 0.25) is 5.95 Å². The van der Waals surface area contributed by atoms with Gasteiger partial charge < -0.3 is 18.8 Å². The number of carbonyl (C=O) groups is 2. The third kappa shape index (κ3) is 4.30. The van der Waals surface area contributed by atoms with Gasteiger partial charge in [-0.3, -0.25) is 9.59 Å². The quantitative estimate of drug-likeness (QED) is 0.312. The van der Waals surface area contributed by atoms with E-state index in [0.29, 0.717) is 28.5 Å². The van der Waals surface area contributed by atoms with Gasteiger partial charge in [0.15, 0.2) is 5.78 Å². The number of benzene rings is 1. The third-order valence-corrected chi connectivity index (χ3v) is 8.71. The number of para-hydroxylation sites is 1. The topological polar surface area (TPSA) is 98.9 Å². The highest BCUT2D eigenvalue weighted by Crippen LogP contribution is 2.44. The van der Waals surface area contributed by atoms with Crippen molar-refractivity contribution in [2.24, 2.45) is 17.8 Å². The molecule has 9 nitrogen and oxygen atoms in total. The molecular formula is C30H27F2N5O4. The monoisotopic (exact) mass is 559 g/mol. The maximum absolute atomic E-state index is 13.1. The van der Waals surface area contributed by atoms with Crippen molar-refractivity contribution in [1.82, 2.24) is 19.4 Å². The van der Waals surface area contributed by atoms with E-state index < -0.39 is 12.5 Å². The number of methoxy groups -OCH3 is 1. The summed E-state index contributed by atoms with van der Waals surface area (Å²) < 4.78 is 37.9. The number of alkyl halides is 2. The van der Waals surface area contributed by atoms with Crippen LogP contribution in [0, 0.1) is 17.8 Å². The number of halogens is 2. The summed E-state index contributed by atoms with van der Waals surface area (Å²) in [5.74, 6) is 0.364. The summed E-state index contributed by atoms with van der Waals surface area (Å²) in [6, 6.07) is 10.3. The van der Waals surface area contributed by atoms with Crippen molar-refractivity contribution in [2.45, 2.75) is 31.8 Å². The van der Waals surface area contributed by atoms with Crippen molar-refractivity contribution in [1.29, 1.82) is 0 Å². The van der Waals surface area contributed by atoms with Crippen molar-refractivity contribution in [3.8, 4) is 16.9 Å². The molecular weight excluding hydrogens is 532 g/mol. The van der Waals surface area contributed by atoms with Crippen LogP contribution >= 0.6 is 0 Å². The number of rotatable bonds is 6. The summed E-state index contributed by atoms with van der Waals surface area (Å²) in [6.07, 6.45) is 7.53. The summed E-state index contributed by atoms with van der Waals surface area (Å²) in [6.45, 7) is -1.54. The van der Waals surface area contributed by atoms with Gasteiger partial charge in [0.25, 0.3) is 0 Å². The Kier molecular flexibility index (Phi) is 6.17. The molecule has 1 aliphatic heterocycles. The highest BCUT2D eigenvalue weighted by Gasteiger charge is 2.47. The number of imidazole rings is 1. The van der Waals surface area contributed by atoms with E-state index in [1.165, 1.54) is 13.2 Å². The average molecular weight is 560 g/mol. The molecule has 0 spiro atoms. The number of ether oxygens (including phenoxy) is 2. The van der Waals surface area contributed by atoms with Gasteiger partial charge in [-0.2, -0.15) is 8.78 Å². The number of piperidine rings is 1. The van der Waals surface area contributed by atoms with E-state index in [0.717, 1.165) is 37.1 Å². The maximum atomic E-state index is 13.1. The first kappa shape index (κ1) is 25.6. The summed E-state index contributed by atoms with van der Waals surface area (Å²) in [7, 11) is 1.45. The van der Waals surface area contributed by atoms with Gasteiger partial charge in [0.1, 0.15) is 17.1 Å². The number of hydrogen-bond acceptors (Lipinski definition) is 8. The largest absolute Gasteiger partial charge is 0.469 e. The Hall–Kier alpha value is -4.41. The second-order valence-electron chi connectivity index (χ2n) is 10.9. The Bertz CT molecular complexity index is 1640. The number of anilines is 1. The average Bonchev–Trinajstić information content (AvgIpc) is 3.60. The second-order valence-corrected chi connectivity index (χ2v) is 10.9. The van der Waals surface area contributed by atoms with Gasteiger partial charge in [-0.05, 0) is 42.9 Å². The van der Waals surface area contributed by atoms with E-state index in [1.807, 2.05) is 22.7 Å². The number of Topliss-reactive ketones (excluding diaryl/α,β-unsaturated/α-hetero) is 1. The molecule has 11 heteroatoms. The molecule has 0 radical (unpaired) electrons. The summed E-state index contributed by atoms with van der Waals surface area (Å²) >= 11 is 0. The number of nitrogens with zero attached hydrogens (tertiary/aromatic N) is 5. The number of fused-ring (bicyclic) bond motifs is 5. The van der Waals surface area contributed by atoms with Crippen LogP contribution in [0.1, 0.15) is 46.9 Å². The minimum atomic E-state index is -2.97.